The van der Waals surface area contributed by atoms with Crippen LogP contribution in [0, 0.1) is 0 Å². The third-order valence-electron chi connectivity index (χ3n) is 6.59. The monoisotopic (exact) mass is 558 g/mol. The highest BCUT2D eigenvalue weighted by Crippen LogP contribution is 2.42. The average Bonchev–Trinajstić information content (AvgIpc) is 3.66. The maximum atomic E-state index is 13.8. The number of aromatic nitrogens is 1. The van der Waals surface area contributed by atoms with Crippen molar-refractivity contribution in [3.8, 4) is 0 Å². The van der Waals surface area contributed by atoms with Crippen LogP contribution in [0.25, 0.3) is 11.8 Å². The molecule has 0 amide bonds. The molecule has 0 radical (unpaired) electrons. The molecule has 2 aliphatic rings. The molecule has 0 unspecified atom stereocenters. The summed E-state index contributed by atoms with van der Waals surface area (Å²) < 4.78 is 8.54. The number of rotatable bonds is 4. The van der Waals surface area contributed by atoms with Gasteiger partial charge in [0.1, 0.15) is 5.76 Å². The number of fused-ring (bicyclic) bond motifs is 3. The summed E-state index contributed by atoms with van der Waals surface area (Å²) in [5.41, 5.74) is 4.71. The fraction of sp³-hybridized carbons (Fsp3) is 0.103. The van der Waals surface area contributed by atoms with Gasteiger partial charge in [0.2, 0.25) is 0 Å². The normalized spacial score (nSPS) is 16.8. The van der Waals surface area contributed by atoms with Crippen molar-refractivity contribution in [1.29, 1.82) is 0 Å². The molecule has 1 aliphatic carbocycles. The Balaban J connectivity index is 1.33. The van der Waals surface area contributed by atoms with E-state index >= 15 is 0 Å². The molecule has 0 bridgehead atoms. The van der Waals surface area contributed by atoms with Gasteiger partial charge in [0.05, 0.1) is 16.3 Å². The van der Waals surface area contributed by atoms with E-state index in [1.807, 2.05) is 47.0 Å². The number of hydrogen-bond acceptors (Lipinski definition) is 6. The molecule has 1 atom stereocenters. The molecule has 182 valence electrons. The minimum Gasteiger partial charge on any atom is -0.450 e. The second-order valence-corrected chi connectivity index (χ2v) is 12.3. The van der Waals surface area contributed by atoms with E-state index in [4.69, 9.17) is 21.0 Å². The van der Waals surface area contributed by atoms with Gasteiger partial charge >= 0.3 is 0 Å². The number of thiophene rings is 1. The zero-order chi connectivity index (χ0) is 24.9. The summed E-state index contributed by atoms with van der Waals surface area (Å²) in [6.07, 6.45) is 3.68. The van der Waals surface area contributed by atoms with Gasteiger partial charge in [0.15, 0.2) is 9.89 Å². The molecule has 5 aromatic rings. The average molecular weight is 559 g/mol. The first kappa shape index (κ1) is 23.0. The topological polar surface area (TPSA) is 47.5 Å². The van der Waals surface area contributed by atoms with Gasteiger partial charge in [-0.15, -0.1) is 11.3 Å². The Morgan fingerprint density at radius 3 is 2.73 bits per heavy atom. The van der Waals surface area contributed by atoms with Gasteiger partial charge in [-0.3, -0.25) is 9.36 Å². The van der Waals surface area contributed by atoms with Crippen LogP contribution >= 0.6 is 46.0 Å². The third kappa shape index (κ3) is 4.16. The number of furan rings is 1. The molecule has 0 fully saturated rings. The lowest BCUT2D eigenvalue weighted by molar-refractivity contribution is 0.466. The van der Waals surface area contributed by atoms with E-state index in [0.717, 1.165) is 38.2 Å². The molecule has 7 rings (SSSR count). The van der Waals surface area contributed by atoms with Crippen molar-refractivity contribution >= 4 is 57.8 Å². The summed E-state index contributed by atoms with van der Waals surface area (Å²) in [5.74, 6) is 0.642. The van der Waals surface area contributed by atoms with Crippen LogP contribution in [0.2, 0.25) is 5.02 Å². The second kappa shape index (κ2) is 9.33. The van der Waals surface area contributed by atoms with Gasteiger partial charge in [0, 0.05) is 26.4 Å². The Hall–Kier alpha value is -3.10. The first-order valence-corrected chi connectivity index (χ1v) is 14.7. The van der Waals surface area contributed by atoms with E-state index in [2.05, 4.69) is 41.8 Å². The number of aryl methyl sites for hydroxylation is 1. The van der Waals surface area contributed by atoms with E-state index in [0.29, 0.717) is 15.3 Å². The van der Waals surface area contributed by atoms with Crippen molar-refractivity contribution in [2.24, 2.45) is 4.99 Å². The van der Waals surface area contributed by atoms with Crippen molar-refractivity contribution in [1.82, 2.24) is 4.57 Å². The van der Waals surface area contributed by atoms with Crippen LogP contribution < -0.4 is 14.9 Å². The molecule has 2 aromatic carbocycles. The maximum absolute atomic E-state index is 13.8. The molecule has 4 nitrogen and oxygen atoms in total. The molecule has 0 saturated heterocycles. The van der Waals surface area contributed by atoms with Crippen LogP contribution in [0.1, 0.15) is 34.2 Å². The van der Waals surface area contributed by atoms with Crippen molar-refractivity contribution in [2.45, 2.75) is 28.9 Å². The summed E-state index contributed by atoms with van der Waals surface area (Å²) >= 11 is 10.6. The second-order valence-electron chi connectivity index (χ2n) is 8.84. The Morgan fingerprint density at radius 2 is 1.89 bits per heavy atom. The molecule has 0 spiro atoms. The Kier molecular flexibility index (Phi) is 5.81. The number of benzene rings is 2. The van der Waals surface area contributed by atoms with E-state index in [9.17, 15) is 4.79 Å². The molecular formula is C29H19ClN2O2S3. The highest BCUT2D eigenvalue weighted by molar-refractivity contribution is 7.99. The Labute approximate surface area is 229 Å². The molecule has 1 aliphatic heterocycles. The van der Waals surface area contributed by atoms with Crippen molar-refractivity contribution in [3.63, 3.8) is 0 Å². The van der Waals surface area contributed by atoms with E-state index < -0.39 is 0 Å². The third-order valence-corrected chi connectivity index (χ3v) is 9.68. The van der Waals surface area contributed by atoms with Crippen molar-refractivity contribution in [3.05, 3.63) is 130 Å². The molecule has 37 heavy (non-hydrogen) atoms. The zero-order valence-corrected chi connectivity index (χ0v) is 22.6. The van der Waals surface area contributed by atoms with Crippen molar-refractivity contribution in [2.75, 3.05) is 0 Å². The van der Waals surface area contributed by atoms with Gasteiger partial charge in [-0.1, -0.05) is 65.0 Å². The summed E-state index contributed by atoms with van der Waals surface area (Å²) in [4.78, 5) is 21.8. The van der Waals surface area contributed by atoms with E-state index in [1.54, 1.807) is 11.3 Å². The predicted molar refractivity (Wildman–Crippen MR) is 151 cm³/mol. The Morgan fingerprint density at radius 1 is 1.03 bits per heavy atom. The zero-order valence-electron chi connectivity index (χ0n) is 19.4. The first-order chi connectivity index (χ1) is 18.1. The first-order valence-electron chi connectivity index (χ1n) is 11.8. The maximum Gasteiger partial charge on any atom is 0.271 e. The lowest BCUT2D eigenvalue weighted by Crippen LogP contribution is -2.38. The largest absolute Gasteiger partial charge is 0.450 e. The molecule has 4 heterocycles. The number of nitrogens with zero attached hydrogens (tertiary/aromatic N) is 2. The van der Waals surface area contributed by atoms with Crippen LogP contribution in [0.15, 0.2) is 108 Å². The number of thiazole rings is 1. The van der Waals surface area contributed by atoms with Crippen LogP contribution in [0.5, 0.6) is 0 Å². The fourth-order valence-corrected chi connectivity index (χ4v) is 7.67. The SMILES string of the molecule is O=c1/c(=C/c2ccc(Sc3ccc(Cl)cc3)o2)sc2n1[C@@H](c1cccs1)C1=C(N=2)c2ccccc2CC1. The van der Waals surface area contributed by atoms with E-state index in [1.165, 1.54) is 39.8 Å². The van der Waals surface area contributed by atoms with Crippen LogP contribution in [-0.2, 0) is 6.42 Å². The highest BCUT2D eigenvalue weighted by Gasteiger charge is 2.33. The summed E-state index contributed by atoms with van der Waals surface area (Å²) in [6, 6.07) is 24.0. The van der Waals surface area contributed by atoms with Crippen LogP contribution in [0.4, 0.5) is 0 Å². The lowest BCUT2D eigenvalue weighted by atomic mass is 9.85. The molecule has 0 N–H and O–H groups in total. The molecule has 8 heteroatoms. The minimum atomic E-state index is -0.130. The highest BCUT2D eigenvalue weighted by atomic mass is 35.5. The standard InChI is InChI=1S/C29H19ClN2O2S3/c30-18-8-11-20(12-9-18)36-25-14-10-19(34-25)16-24-28(33)32-27(23-6-3-15-35-23)22-13-7-17-4-1-2-5-21(17)26(22)31-29(32)37-24/h1-6,8-12,14-16,27H,7,13H2/b24-16-/t27-/m1/s1. The number of halogens is 1. The smallest absolute Gasteiger partial charge is 0.271 e. The predicted octanol–water partition coefficient (Wildman–Crippen LogP) is 6.78. The minimum absolute atomic E-state index is 0.0316. The van der Waals surface area contributed by atoms with Gasteiger partial charge in [0.25, 0.3) is 5.56 Å². The van der Waals surface area contributed by atoms with Crippen molar-refractivity contribution < 1.29 is 4.42 Å². The van der Waals surface area contributed by atoms with Crippen LogP contribution in [-0.4, -0.2) is 4.57 Å². The van der Waals surface area contributed by atoms with Gasteiger partial charge in [-0.05, 0) is 71.8 Å². The Bertz CT molecular complexity index is 1840. The lowest BCUT2D eigenvalue weighted by Gasteiger charge is -2.30. The number of hydrogen-bond donors (Lipinski definition) is 0. The fourth-order valence-electron chi connectivity index (χ4n) is 4.93. The number of allylic oxidation sites excluding steroid dienone is 1. The molecule has 3 aromatic heterocycles. The quantitative estimate of drug-likeness (QED) is 0.244. The molecule has 0 saturated carbocycles. The summed E-state index contributed by atoms with van der Waals surface area (Å²) in [7, 11) is 0. The van der Waals surface area contributed by atoms with Gasteiger partial charge < -0.3 is 4.42 Å². The van der Waals surface area contributed by atoms with Gasteiger partial charge in [-0.25, -0.2) is 4.99 Å². The summed E-state index contributed by atoms with van der Waals surface area (Å²) in [6.45, 7) is 0. The van der Waals surface area contributed by atoms with E-state index in [-0.39, 0.29) is 11.6 Å². The summed E-state index contributed by atoms with van der Waals surface area (Å²) in [5, 5.41) is 3.53. The molecular weight excluding hydrogens is 540 g/mol. The van der Waals surface area contributed by atoms with Gasteiger partial charge in [-0.2, -0.15) is 0 Å². The van der Waals surface area contributed by atoms with Crippen LogP contribution in [0.3, 0.4) is 0 Å².